The van der Waals surface area contributed by atoms with Crippen molar-refractivity contribution in [2.24, 2.45) is 0 Å². The van der Waals surface area contributed by atoms with Crippen LogP contribution in [0.25, 0.3) is 0 Å². The number of rotatable bonds is 2. The van der Waals surface area contributed by atoms with Crippen LogP contribution in [0.2, 0.25) is 0 Å². The molecule has 0 saturated carbocycles. The molecule has 1 heterocycles. The van der Waals surface area contributed by atoms with Gasteiger partial charge in [-0.15, -0.1) is 12.4 Å². The maximum absolute atomic E-state index is 11.7. The average molecular weight is 281 g/mol. The molecule has 0 aromatic heterocycles. The number of carbonyl (C=O) groups excluding carboxylic acids is 1. The fraction of sp³-hybridized carbons (Fsp3) is 0.818. The minimum atomic E-state index is -0.837. The lowest BCUT2D eigenvalue weighted by atomic mass is 10.2. The van der Waals surface area contributed by atoms with Crippen LogP contribution in [0, 0.1) is 0 Å². The molecule has 0 radical (unpaired) electrons. The quantitative estimate of drug-likeness (QED) is 0.819. The monoisotopic (exact) mass is 280 g/mol. The predicted octanol–water partition coefficient (Wildman–Crippen LogP) is 1.05. The zero-order valence-electron chi connectivity index (χ0n) is 11.0. The SMILES string of the molecule is CC(C)(C)OC(=O)N1CCN(CC(=O)O)CC1.Cl. The van der Waals surface area contributed by atoms with Crippen molar-refractivity contribution in [3.8, 4) is 0 Å². The van der Waals surface area contributed by atoms with E-state index in [4.69, 9.17) is 9.84 Å². The van der Waals surface area contributed by atoms with Gasteiger partial charge >= 0.3 is 12.1 Å². The summed E-state index contributed by atoms with van der Waals surface area (Å²) in [5, 5.41) is 8.65. The van der Waals surface area contributed by atoms with Crippen LogP contribution >= 0.6 is 12.4 Å². The number of halogens is 1. The summed E-state index contributed by atoms with van der Waals surface area (Å²) in [4.78, 5) is 25.7. The Hall–Kier alpha value is -1.01. The Bertz CT molecular complexity index is 296. The van der Waals surface area contributed by atoms with Crippen molar-refractivity contribution in [2.45, 2.75) is 26.4 Å². The average Bonchev–Trinajstić information content (AvgIpc) is 2.15. The molecule has 1 aliphatic rings. The fourth-order valence-corrected chi connectivity index (χ4v) is 1.61. The van der Waals surface area contributed by atoms with Gasteiger partial charge in [0.1, 0.15) is 5.60 Å². The Kier molecular flexibility index (Phi) is 6.42. The molecule has 1 amide bonds. The Morgan fingerprint density at radius 1 is 1.17 bits per heavy atom. The van der Waals surface area contributed by atoms with Crippen LogP contribution in [0.4, 0.5) is 4.79 Å². The second-order valence-corrected chi connectivity index (χ2v) is 5.14. The third kappa shape index (κ3) is 6.07. The molecule has 106 valence electrons. The number of carbonyl (C=O) groups is 2. The molecule has 0 bridgehead atoms. The molecule has 0 aromatic rings. The predicted molar refractivity (Wildman–Crippen MR) is 69.1 cm³/mol. The van der Waals surface area contributed by atoms with Gasteiger partial charge in [0, 0.05) is 26.2 Å². The first-order chi connectivity index (χ1) is 7.78. The van der Waals surface area contributed by atoms with Crippen LogP contribution < -0.4 is 0 Å². The summed E-state index contributed by atoms with van der Waals surface area (Å²) < 4.78 is 5.25. The summed E-state index contributed by atoms with van der Waals surface area (Å²) in [5.41, 5.74) is -0.491. The van der Waals surface area contributed by atoms with Gasteiger partial charge in [0.05, 0.1) is 6.54 Å². The van der Waals surface area contributed by atoms with E-state index in [0.717, 1.165) is 0 Å². The van der Waals surface area contributed by atoms with Crippen molar-refractivity contribution < 1.29 is 19.4 Å². The number of carboxylic acids is 1. The number of nitrogens with zero attached hydrogens (tertiary/aromatic N) is 2. The van der Waals surface area contributed by atoms with Crippen LogP contribution in [-0.4, -0.2) is 65.3 Å². The second-order valence-electron chi connectivity index (χ2n) is 5.14. The van der Waals surface area contributed by atoms with Gasteiger partial charge < -0.3 is 14.7 Å². The van der Waals surface area contributed by atoms with Gasteiger partial charge in [-0.3, -0.25) is 9.69 Å². The first-order valence-electron chi connectivity index (χ1n) is 5.70. The number of piperazine rings is 1. The van der Waals surface area contributed by atoms with Crippen molar-refractivity contribution in [1.29, 1.82) is 0 Å². The molecule has 0 spiro atoms. The second kappa shape index (κ2) is 6.80. The molecule has 0 atom stereocenters. The zero-order valence-corrected chi connectivity index (χ0v) is 11.8. The number of amides is 1. The molecule has 6 nitrogen and oxygen atoms in total. The van der Waals surface area contributed by atoms with Gasteiger partial charge in [0.2, 0.25) is 0 Å². The maximum atomic E-state index is 11.7. The van der Waals surface area contributed by atoms with E-state index in [1.165, 1.54) is 0 Å². The van der Waals surface area contributed by atoms with E-state index in [-0.39, 0.29) is 25.0 Å². The number of aliphatic carboxylic acids is 1. The van der Waals surface area contributed by atoms with Crippen LogP contribution in [0.1, 0.15) is 20.8 Å². The summed E-state index contributed by atoms with van der Waals surface area (Å²) in [6, 6.07) is 0. The minimum Gasteiger partial charge on any atom is -0.480 e. The lowest BCUT2D eigenvalue weighted by molar-refractivity contribution is -0.138. The fourth-order valence-electron chi connectivity index (χ4n) is 1.61. The lowest BCUT2D eigenvalue weighted by Gasteiger charge is -2.34. The topological polar surface area (TPSA) is 70.1 Å². The molecule has 18 heavy (non-hydrogen) atoms. The van der Waals surface area contributed by atoms with E-state index in [1.807, 2.05) is 25.7 Å². The summed E-state index contributed by atoms with van der Waals surface area (Å²) in [6.07, 6.45) is -0.326. The van der Waals surface area contributed by atoms with E-state index < -0.39 is 11.6 Å². The Morgan fingerprint density at radius 3 is 2.06 bits per heavy atom. The van der Waals surface area contributed by atoms with Gasteiger partial charge in [-0.05, 0) is 20.8 Å². The molecule has 1 aliphatic heterocycles. The Balaban J connectivity index is 0.00000289. The molecule has 7 heteroatoms. The highest BCUT2D eigenvalue weighted by atomic mass is 35.5. The highest BCUT2D eigenvalue weighted by Gasteiger charge is 2.26. The zero-order chi connectivity index (χ0) is 13.1. The first-order valence-corrected chi connectivity index (χ1v) is 5.70. The van der Waals surface area contributed by atoms with Crippen LogP contribution in [-0.2, 0) is 9.53 Å². The molecule has 1 fully saturated rings. The van der Waals surface area contributed by atoms with E-state index in [9.17, 15) is 9.59 Å². The summed E-state index contributed by atoms with van der Waals surface area (Å²) in [5.74, 6) is -0.837. The van der Waals surface area contributed by atoms with Crippen LogP contribution in [0.3, 0.4) is 0 Å². The number of carboxylic acid groups (broad SMARTS) is 1. The number of hydrogen-bond donors (Lipinski definition) is 1. The number of hydrogen-bond acceptors (Lipinski definition) is 4. The normalized spacial score (nSPS) is 16.9. The third-order valence-corrected chi connectivity index (χ3v) is 2.38. The molecule has 0 unspecified atom stereocenters. The Labute approximate surface area is 113 Å². The van der Waals surface area contributed by atoms with Gasteiger partial charge in [-0.2, -0.15) is 0 Å². The van der Waals surface area contributed by atoms with Gasteiger partial charge in [0.25, 0.3) is 0 Å². The molecule has 1 rings (SSSR count). The minimum absolute atomic E-state index is 0. The summed E-state index contributed by atoms with van der Waals surface area (Å²) >= 11 is 0. The molecule has 0 aliphatic carbocycles. The molecule has 1 N–H and O–H groups in total. The van der Waals surface area contributed by atoms with Crippen molar-refractivity contribution in [1.82, 2.24) is 9.80 Å². The van der Waals surface area contributed by atoms with Crippen LogP contribution in [0.5, 0.6) is 0 Å². The molecular weight excluding hydrogens is 260 g/mol. The standard InChI is InChI=1S/C11H20N2O4.ClH/c1-11(2,3)17-10(16)13-6-4-12(5-7-13)8-9(14)15;/h4-8H2,1-3H3,(H,14,15);1H. The van der Waals surface area contributed by atoms with E-state index in [2.05, 4.69) is 0 Å². The van der Waals surface area contributed by atoms with Crippen molar-refractivity contribution >= 4 is 24.5 Å². The molecule has 1 saturated heterocycles. The van der Waals surface area contributed by atoms with Gasteiger partial charge in [0.15, 0.2) is 0 Å². The summed E-state index contributed by atoms with van der Waals surface area (Å²) in [7, 11) is 0. The van der Waals surface area contributed by atoms with E-state index >= 15 is 0 Å². The lowest BCUT2D eigenvalue weighted by Crippen LogP contribution is -2.51. The van der Waals surface area contributed by atoms with E-state index in [1.54, 1.807) is 4.90 Å². The molecular formula is C11H21ClN2O4. The third-order valence-electron chi connectivity index (χ3n) is 2.38. The highest BCUT2D eigenvalue weighted by molar-refractivity contribution is 5.85. The maximum Gasteiger partial charge on any atom is 0.410 e. The van der Waals surface area contributed by atoms with Crippen molar-refractivity contribution in [3.63, 3.8) is 0 Å². The smallest absolute Gasteiger partial charge is 0.410 e. The van der Waals surface area contributed by atoms with Gasteiger partial charge in [-0.25, -0.2) is 4.79 Å². The van der Waals surface area contributed by atoms with E-state index in [0.29, 0.717) is 26.2 Å². The first kappa shape index (κ1) is 17.0. The van der Waals surface area contributed by atoms with Crippen molar-refractivity contribution in [3.05, 3.63) is 0 Å². The highest BCUT2D eigenvalue weighted by Crippen LogP contribution is 2.11. The largest absolute Gasteiger partial charge is 0.480 e. The van der Waals surface area contributed by atoms with Crippen LogP contribution in [0.15, 0.2) is 0 Å². The van der Waals surface area contributed by atoms with Gasteiger partial charge in [-0.1, -0.05) is 0 Å². The Morgan fingerprint density at radius 2 is 1.67 bits per heavy atom. The summed E-state index contributed by atoms with van der Waals surface area (Å²) in [6.45, 7) is 7.69. The number of ether oxygens (including phenoxy) is 1. The van der Waals surface area contributed by atoms with Crippen molar-refractivity contribution in [2.75, 3.05) is 32.7 Å². The molecule has 0 aromatic carbocycles.